The molecule has 3 aromatic rings. The summed E-state index contributed by atoms with van der Waals surface area (Å²) in [5.74, 6) is -0.0646. The highest BCUT2D eigenvalue weighted by Crippen LogP contribution is 2.29. The topological polar surface area (TPSA) is 66.5 Å². The van der Waals surface area contributed by atoms with Gasteiger partial charge in [0, 0.05) is 17.8 Å². The summed E-state index contributed by atoms with van der Waals surface area (Å²) in [4.78, 5) is 12.7. The minimum atomic E-state index is -3.26. The van der Waals surface area contributed by atoms with Crippen molar-refractivity contribution in [3.8, 4) is 11.1 Å². The summed E-state index contributed by atoms with van der Waals surface area (Å²) in [6, 6.07) is 22.7. The van der Waals surface area contributed by atoms with Crippen LogP contribution in [-0.4, -0.2) is 26.6 Å². The minimum Gasteiger partial charge on any atom is -0.322 e. The standard InChI is InChI=1S/C23H22N2O3S/c1-17-8-13-21(25-14-5-15-29(25,27)28)16-22(17)24-23(26)20-11-9-19(10-12-20)18-6-3-2-4-7-18/h2-4,6-13,16H,5,14-15H2,1H3,(H,24,26). The SMILES string of the molecule is Cc1ccc(N2CCCS2(=O)=O)cc1NC(=O)c1ccc(-c2ccccc2)cc1. The van der Waals surface area contributed by atoms with Crippen LogP contribution in [0.3, 0.4) is 0 Å². The van der Waals surface area contributed by atoms with Gasteiger partial charge in [0.25, 0.3) is 5.91 Å². The Bertz CT molecular complexity index is 1140. The van der Waals surface area contributed by atoms with E-state index in [0.29, 0.717) is 29.9 Å². The molecule has 148 valence electrons. The lowest BCUT2D eigenvalue weighted by molar-refractivity contribution is 0.102. The van der Waals surface area contributed by atoms with Gasteiger partial charge in [0.05, 0.1) is 11.4 Å². The first-order valence-electron chi connectivity index (χ1n) is 9.52. The largest absolute Gasteiger partial charge is 0.322 e. The molecule has 0 saturated carbocycles. The van der Waals surface area contributed by atoms with Crippen LogP contribution in [0.4, 0.5) is 11.4 Å². The van der Waals surface area contributed by atoms with Crippen molar-refractivity contribution in [3.05, 3.63) is 83.9 Å². The lowest BCUT2D eigenvalue weighted by Gasteiger charge is -2.19. The molecule has 1 N–H and O–H groups in total. The van der Waals surface area contributed by atoms with Gasteiger partial charge in [-0.3, -0.25) is 9.10 Å². The molecule has 0 radical (unpaired) electrons. The number of hydrogen-bond acceptors (Lipinski definition) is 3. The van der Waals surface area contributed by atoms with Gasteiger partial charge in [0.2, 0.25) is 10.0 Å². The zero-order valence-corrected chi connectivity index (χ0v) is 16.9. The Kier molecular flexibility index (Phi) is 5.11. The number of sulfonamides is 1. The van der Waals surface area contributed by atoms with Gasteiger partial charge < -0.3 is 5.32 Å². The van der Waals surface area contributed by atoms with E-state index in [9.17, 15) is 13.2 Å². The molecule has 1 fully saturated rings. The Hall–Kier alpha value is -3.12. The van der Waals surface area contributed by atoms with E-state index in [-0.39, 0.29) is 11.7 Å². The molecule has 1 amide bonds. The maximum atomic E-state index is 12.7. The predicted octanol–water partition coefficient (Wildman–Crippen LogP) is 4.45. The number of nitrogens with zero attached hydrogens (tertiary/aromatic N) is 1. The van der Waals surface area contributed by atoms with E-state index in [0.717, 1.165) is 16.7 Å². The van der Waals surface area contributed by atoms with Crippen molar-refractivity contribution in [2.24, 2.45) is 0 Å². The van der Waals surface area contributed by atoms with E-state index in [1.54, 1.807) is 24.3 Å². The van der Waals surface area contributed by atoms with Crippen molar-refractivity contribution < 1.29 is 13.2 Å². The van der Waals surface area contributed by atoms with Gasteiger partial charge in [-0.2, -0.15) is 0 Å². The fraction of sp³-hybridized carbons (Fsp3) is 0.174. The highest BCUT2D eigenvalue weighted by atomic mass is 32.2. The molecular formula is C23H22N2O3S. The highest BCUT2D eigenvalue weighted by molar-refractivity contribution is 7.93. The van der Waals surface area contributed by atoms with Gasteiger partial charge in [-0.05, 0) is 54.3 Å². The summed E-state index contributed by atoms with van der Waals surface area (Å²) < 4.78 is 25.8. The number of carbonyl (C=O) groups is 1. The summed E-state index contributed by atoms with van der Waals surface area (Å²) in [7, 11) is -3.26. The molecule has 0 aliphatic carbocycles. The Morgan fingerprint density at radius 3 is 2.28 bits per heavy atom. The molecule has 0 bridgehead atoms. The van der Waals surface area contributed by atoms with E-state index in [4.69, 9.17) is 0 Å². The van der Waals surface area contributed by atoms with Gasteiger partial charge in [-0.15, -0.1) is 0 Å². The summed E-state index contributed by atoms with van der Waals surface area (Å²) in [6.45, 7) is 2.36. The summed E-state index contributed by atoms with van der Waals surface area (Å²) in [5.41, 5.74) is 4.75. The van der Waals surface area contributed by atoms with E-state index in [1.165, 1.54) is 4.31 Å². The van der Waals surface area contributed by atoms with Gasteiger partial charge >= 0.3 is 0 Å². The lowest BCUT2D eigenvalue weighted by atomic mass is 10.0. The molecular weight excluding hydrogens is 384 g/mol. The summed E-state index contributed by atoms with van der Waals surface area (Å²) in [6.07, 6.45) is 0.617. The van der Waals surface area contributed by atoms with E-state index >= 15 is 0 Å². The summed E-state index contributed by atoms with van der Waals surface area (Å²) >= 11 is 0. The number of aryl methyl sites for hydroxylation is 1. The monoisotopic (exact) mass is 406 g/mol. The predicted molar refractivity (Wildman–Crippen MR) is 117 cm³/mol. The van der Waals surface area contributed by atoms with Crippen LogP contribution in [-0.2, 0) is 10.0 Å². The maximum absolute atomic E-state index is 12.7. The van der Waals surface area contributed by atoms with Crippen molar-refractivity contribution in [2.45, 2.75) is 13.3 Å². The first kappa shape index (κ1) is 19.2. The van der Waals surface area contributed by atoms with E-state index in [2.05, 4.69) is 5.32 Å². The van der Waals surface area contributed by atoms with Crippen molar-refractivity contribution in [2.75, 3.05) is 21.9 Å². The van der Waals surface area contributed by atoms with Crippen LogP contribution in [0.1, 0.15) is 22.3 Å². The third-order valence-corrected chi connectivity index (χ3v) is 6.98. The number of amides is 1. The first-order valence-corrected chi connectivity index (χ1v) is 11.1. The van der Waals surface area contributed by atoms with Crippen molar-refractivity contribution >= 4 is 27.3 Å². The fourth-order valence-corrected chi connectivity index (χ4v) is 5.02. The molecule has 1 aliphatic heterocycles. The molecule has 5 nitrogen and oxygen atoms in total. The van der Waals surface area contributed by atoms with Crippen LogP contribution in [0.15, 0.2) is 72.8 Å². The third-order valence-electron chi connectivity index (χ3n) is 5.11. The molecule has 0 atom stereocenters. The van der Waals surface area contributed by atoms with Crippen LogP contribution in [0.25, 0.3) is 11.1 Å². The van der Waals surface area contributed by atoms with E-state index in [1.807, 2.05) is 55.5 Å². The van der Waals surface area contributed by atoms with Crippen LogP contribution < -0.4 is 9.62 Å². The Labute approximate surface area is 171 Å². The van der Waals surface area contributed by atoms with Crippen LogP contribution >= 0.6 is 0 Å². The van der Waals surface area contributed by atoms with Gasteiger partial charge in [0.15, 0.2) is 0 Å². The van der Waals surface area contributed by atoms with Gasteiger partial charge in [0.1, 0.15) is 0 Å². The van der Waals surface area contributed by atoms with E-state index < -0.39 is 10.0 Å². The fourth-order valence-electron chi connectivity index (χ4n) is 3.47. The molecule has 3 aromatic carbocycles. The molecule has 0 spiro atoms. The smallest absolute Gasteiger partial charge is 0.255 e. The summed E-state index contributed by atoms with van der Waals surface area (Å²) in [5, 5.41) is 2.92. The van der Waals surface area contributed by atoms with Crippen molar-refractivity contribution in [1.29, 1.82) is 0 Å². The zero-order chi connectivity index (χ0) is 20.4. The van der Waals surface area contributed by atoms with Crippen LogP contribution in [0, 0.1) is 6.92 Å². The Balaban J connectivity index is 1.55. The normalized spacial score (nSPS) is 15.3. The Morgan fingerprint density at radius 1 is 0.931 bits per heavy atom. The number of hydrogen-bond donors (Lipinski definition) is 1. The van der Waals surface area contributed by atoms with Gasteiger partial charge in [-0.25, -0.2) is 8.42 Å². The lowest BCUT2D eigenvalue weighted by Crippen LogP contribution is -2.25. The Morgan fingerprint density at radius 2 is 1.62 bits per heavy atom. The maximum Gasteiger partial charge on any atom is 0.255 e. The molecule has 1 heterocycles. The van der Waals surface area contributed by atoms with Crippen molar-refractivity contribution in [1.82, 2.24) is 0 Å². The minimum absolute atomic E-state index is 0.163. The molecule has 4 rings (SSSR count). The zero-order valence-electron chi connectivity index (χ0n) is 16.1. The van der Waals surface area contributed by atoms with Crippen LogP contribution in [0.5, 0.6) is 0 Å². The second kappa shape index (κ2) is 7.72. The molecule has 6 heteroatoms. The number of benzene rings is 3. The third kappa shape index (κ3) is 4.03. The number of carbonyl (C=O) groups excluding carboxylic acids is 1. The molecule has 0 unspecified atom stereocenters. The average molecular weight is 407 g/mol. The second-order valence-electron chi connectivity index (χ2n) is 7.14. The van der Waals surface area contributed by atoms with Crippen molar-refractivity contribution in [3.63, 3.8) is 0 Å². The molecule has 29 heavy (non-hydrogen) atoms. The average Bonchev–Trinajstić information content (AvgIpc) is 3.09. The molecule has 0 aromatic heterocycles. The number of nitrogens with one attached hydrogen (secondary N) is 1. The van der Waals surface area contributed by atoms with Crippen LogP contribution in [0.2, 0.25) is 0 Å². The molecule has 1 aliphatic rings. The highest BCUT2D eigenvalue weighted by Gasteiger charge is 2.28. The molecule has 1 saturated heterocycles. The van der Waals surface area contributed by atoms with Gasteiger partial charge in [-0.1, -0.05) is 48.5 Å². The first-order chi connectivity index (χ1) is 13.9. The second-order valence-corrected chi connectivity index (χ2v) is 9.15. The number of anilines is 2. The quantitative estimate of drug-likeness (QED) is 0.696. The number of rotatable bonds is 4.